The normalized spacial score (nSPS) is 29.5. The SMILES string of the molecule is Cc1nn(C)c(Cl)c1CC(N)C1CSC(C)C(C)S1. The van der Waals surface area contributed by atoms with E-state index in [1.54, 1.807) is 4.68 Å². The molecule has 3 nitrogen and oxygen atoms in total. The summed E-state index contributed by atoms with van der Waals surface area (Å²) in [6.45, 7) is 6.59. The van der Waals surface area contributed by atoms with Crippen LogP contribution in [0.5, 0.6) is 0 Å². The molecule has 4 unspecified atom stereocenters. The van der Waals surface area contributed by atoms with E-state index in [0.29, 0.717) is 10.5 Å². The average Bonchev–Trinajstić information content (AvgIpc) is 2.59. The van der Waals surface area contributed by atoms with Crippen molar-refractivity contribution in [1.29, 1.82) is 0 Å². The fraction of sp³-hybridized carbons (Fsp3) is 0.769. The Morgan fingerprint density at radius 2 is 2.16 bits per heavy atom. The van der Waals surface area contributed by atoms with E-state index in [1.807, 2.05) is 37.5 Å². The molecule has 1 saturated heterocycles. The lowest BCUT2D eigenvalue weighted by atomic mass is 10.1. The van der Waals surface area contributed by atoms with Gasteiger partial charge in [0.25, 0.3) is 0 Å². The summed E-state index contributed by atoms with van der Waals surface area (Å²) in [4.78, 5) is 0. The highest BCUT2D eigenvalue weighted by Gasteiger charge is 2.30. The van der Waals surface area contributed by atoms with Crippen LogP contribution in [0.4, 0.5) is 0 Å². The highest BCUT2D eigenvalue weighted by atomic mass is 35.5. The van der Waals surface area contributed by atoms with Crippen molar-refractivity contribution in [3.05, 3.63) is 16.4 Å². The zero-order chi connectivity index (χ0) is 14.2. The van der Waals surface area contributed by atoms with E-state index in [0.717, 1.165) is 33.8 Å². The number of hydrogen-bond donors (Lipinski definition) is 1. The fourth-order valence-electron chi connectivity index (χ4n) is 2.31. The number of thioether (sulfide) groups is 2. The van der Waals surface area contributed by atoms with E-state index in [2.05, 4.69) is 18.9 Å². The third kappa shape index (κ3) is 3.43. The van der Waals surface area contributed by atoms with Crippen molar-refractivity contribution < 1.29 is 0 Å². The zero-order valence-corrected chi connectivity index (χ0v) is 14.3. The molecule has 1 aliphatic heterocycles. The summed E-state index contributed by atoms with van der Waals surface area (Å²) >= 11 is 10.3. The topological polar surface area (TPSA) is 43.8 Å². The molecule has 0 saturated carbocycles. The van der Waals surface area contributed by atoms with Gasteiger partial charge in [-0.05, 0) is 13.3 Å². The summed E-state index contributed by atoms with van der Waals surface area (Å²) in [5.41, 5.74) is 8.51. The van der Waals surface area contributed by atoms with Crippen molar-refractivity contribution in [2.75, 3.05) is 5.75 Å². The van der Waals surface area contributed by atoms with Crippen molar-refractivity contribution >= 4 is 35.1 Å². The largest absolute Gasteiger partial charge is 0.326 e. The Balaban J connectivity index is 2.03. The molecule has 2 heterocycles. The van der Waals surface area contributed by atoms with Crippen LogP contribution in [0.25, 0.3) is 0 Å². The molecule has 6 heteroatoms. The van der Waals surface area contributed by atoms with Gasteiger partial charge < -0.3 is 5.73 Å². The molecule has 2 N–H and O–H groups in total. The first kappa shape index (κ1) is 15.5. The second-order valence-electron chi connectivity index (χ2n) is 5.26. The highest BCUT2D eigenvalue weighted by Crippen LogP contribution is 2.37. The maximum absolute atomic E-state index is 6.41. The molecule has 4 atom stereocenters. The smallest absolute Gasteiger partial charge is 0.130 e. The molecular formula is C13H22ClN3S2. The Labute approximate surface area is 129 Å². The predicted molar refractivity (Wildman–Crippen MR) is 87.4 cm³/mol. The minimum atomic E-state index is 0.146. The summed E-state index contributed by atoms with van der Waals surface area (Å²) in [5.74, 6) is 1.13. The number of nitrogens with zero attached hydrogens (tertiary/aromatic N) is 2. The highest BCUT2D eigenvalue weighted by molar-refractivity contribution is 8.07. The Bertz CT molecular complexity index is 449. The van der Waals surface area contributed by atoms with Crippen LogP contribution in [0.1, 0.15) is 25.1 Å². The van der Waals surface area contributed by atoms with Crippen LogP contribution in [-0.2, 0) is 13.5 Å². The van der Waals surface area contributed by atoms with Crippen LogP contribution in [0.15, 0.2) is 0 Å². The molecule has 1 aromatic rings. The first-order chi connectivity index (χ1) is 8.90. The van der Waals surface area contributed by atoms with Gasteiger partial charge in [0.1, 0.15) is 5.15 Å². The van der Waals surface area contributed by atoms with E-state index >= 15 is 0 Å². The van der Waals surface area contributed by atoms with Gasteiger partial charge in [0.05, 0.1) is 5.69 Å². The fourth-order valence-corrected chi connectivity index (χ4v) is 5.62. The van der Waals surface area contributed by atoms with Crippen LogP contribution in [0.3, 0.4) is 0 Å². The van der Waals surface area contributed by atoms with Crippen molar-refractivity contribution in [2.24, 2.45) is 12.8 Å². The second-order valence-corrected chi connectivity index (χ2v) is 8.65. The monoisotopic (exact) mass is 319 g/mol. The number of aromatic nitrogens is 2. The van der Waals surface area contributed by atoms with Crippen molar-refractivity contribution in [3.8, 4) is 0 Å². The third-order valence-electron chi connectivity index (χ3n) is 3.76. The van der Waals surface area contributed by atoms with Gasteiger partial charge in [-0.2, -0.15) is 28.6 Å². The van der Waals surface area contributed by atoms with Gasteiger partial charge in [-0.3, -0.25) is 4.68 Å². The molecule has 0 aromatic carbocycles. The van der Waals surface area contributed by atoms with Crippen LogP contribution >= 0.6 is 35.1 Å². The Kier molecular flexibility index (Phi) is 5.15. The van der Waals surface area contributed by atoms with E-state index in [4.69, 9.17) is 17.3 Å². The maximum Gasteiger partial charge on any atom is 0.130 e. The zero-order valence-electron chi connectivity index (χ0n) is 11.9. The lowest BCUT2D eigenvalue weighted by molar-refractivity contribution is 0.655. The van der Waals surface area contributed by atoms with Crippen LogP contribution in [0.2, 0.25) is 5.15 Å². The van der Waals surface area contributed by atoms with Gasteiger partial charge in [-0.1, -0.05) is 25.4 Å². The lowest BCUT2D eigenvalue weighted by Crippen LogP contribution is -2.41. The predicted octanol–water partition coefficient (Wildman–Crippen LogP) is 2.88. The number of aryl methyl sites for hydroxylation is 2. The van der Waals surface area contributed by atoms with Crippen molar-refractivity contribution in [2.45, 2.75) is 49.0 Å². The van der Waals surface area contributed by atoms with Crippen molar-refractivity contribution in [3.63, 3.8) is 0 Å². The number of halogens is 1. The van der Waals surface area contributed by atoms with Gasteiger partial charge in [0, 0.05) is 40.2 Å². The molecule has 0 spiro atoms. The molecule has 0 bridgehead atoms. The maximum atomic E-state index is 6.41. The van der Waals surface area contributed by atoms with Gasteiger partial charge >= 0.3 is 0 Å². The third-order valence-corrected chi connectivity index (χ3v) is 7.81. The van der Waals surface area contributed by atoms with Gasteiger partial charge in [-0.15, -0.1) is 0 Å². The van der Waals surface area contributed by atoms with E-state index in [-0.39, 0.29) is 6.04 Å². The summed E-state index contributed by atoms with van der Waals surface area (Å²) in [7, 11) is 1.87. The lowest BCUT2D eigenvalue weighted by Gasteiger charge is -2.34. The van der Waals surface area contributed by atoms with Gasteiger partial charge in [0.15, 0.2) is 0 Å². The molecule has 19 heavy (non-hydrogen) atoms. The summed E-state index contributed by atoms with van der Waals surface area (Å²) in [6.07, 6.45) is 0.817. The Hall–Kier alpha value is 0.160. The van der Waals surface area contributed by atoms with Crippen LogP contribution < -0.4 is 5.73 Å². The number of rotatable bonds is 3. The summed E-state index contributed by atoms with van der Waals surface area (Å²) in [6, 6.07) is 0.146. The van der Waals surface area contributed by atoms with Gasteiger partial charge in [-0.25, -0.2) is 0 Å². The minimum absolute atomic E-state index is 0.146. The minimum Gasteiger partial charge on any atom is -0.326 e. The molecule has 0 radical (unpaired) electrons. The van der Waals surface area contributed by atoms with Crippen molar-refractivity contribution in [1.82, 2.24) is 9.78 Å². The first-order valence-electron chi connectivity index (χ1n) is 6.60. The van der Waals surface area contributed by atoms with E-state index < -0.39 is 0 Å². The standard InChI is InChI=1S/C13H22ClN3S2/c1-7-10(13(14)17(4)16-7)5-11(15)12-6-18-8(2)9(3)19-12/h8-9,11-12H,5-6,15H2,1-4H3. The molecular weight excluding hydrogens is 298 g/mol. The second kappa shape index (κ2) is 6.29. The molecule has 1 fully saturated rings. The van der Waals surface area contributed by atoms with Gasteiger partial charge in [0.2, 0.25) is 0 Å². The molecule has 1 aromatic heterocycles. The Morgan fingerprint density at radius 1 is 1.47 bits per heavy atom. The van der Waals surface area contributed by atoms with E-state index in [1.165, 1.54) is 0 Å². The molecule has 0 amide bonds. The molecule has 0 aliphatic carbocycles. The molecule has 1 aliphatic rings. The summed E-state index contributed by atoms with van der Waals surface area (Å²) in [5, 5.41) is 6.97. The average molecular weight is 320 g/mol. The Morgan fingerprint density at radius 3 is 2.68 bits per heavy atom. The van der Waals surface area contributed by atoms with Crippen LogP contribution in [0, 0.1) is 6.92 Å². The first-order valence-corrected chi connectivity index (χ1v) is 8.97. The number of hydrogen-bond acceptors (Lipinski definition) is 4. The quantitative estimate of drug-likeness (QED) is 0.930. The van der Waals surface area contributed by atoms with E-state index in [9.17, 15) is 0 Å². The van der Waals surface area contributed by atoms with Crippen LogP contribution in [-0.4, -0.2) is 37.3 Å². The molecule has 108 valence electrons. The number of nitrogens with two attached hydrogens (primary N) is 1. The molecule has 2 rings (SSSR count). The summed E-state index contributed by atoms with van der Waals surface area (Å²) < 4.78 is 1.73.